The molecule has 2 N–H and O–H groups in total. The van der Waals surface area contributed by atoms with Crippen molar-refractivity contribution in [2.24, 2.45) is 0 Å². The Bertz CT molecular complexity index is 511. The third-order valence-corrected chi connectivity index (χ3v) is 4.14. The van der Waals surface area contributed by atoms with Crippen LogP contribution in [0.3, 0.4) is 0 Å². The second kappa shape index (κ2) is 6.17. The van der Waals surface area contributed by atoms with Gasteiger partial charge in [0, 0.05) is 42.2 Å². The summed E-state index contributed by atoms with van der Waals surface area (Å²) in [6.07, 6.45) is 0.346. The van der Waals surface area contributed by atoms with Crippen molar-refractivity contribution in [2.45, 2.75) is 31.6 Å². The lowest BCUT2D eigenvalue weighted by atomic mass is 9.96. The summed E-state index contributed by atoms with van der Waals surface area (Å²) in [5.41, 5.74) is -0.243. The van der Waals surface area contributed by atoms with Gasteiger partial charge in [-0.3, -0.25) is 10.1 Å². The number of rotatable bonds is 5. The Morgan fingerprint density at radius 2 is 2.40 bits per heavy atom. The van der Waals surface area contributed by atoms with Crippen LogP contribution in [-0.2, 0) is 11.3 Å². The summed E-state index contributed by atoms with van der Waals surface area (Å²) in [7, 11) is 0. The SMILES string of the molecule is CC1OCCC1(O)CNCc1ccc(Br)cc1[N+](=O)[O-]. The molecule has 0 radical (unpaired) electrons. The van der Waals surface area contributed by atoms with Crippen LogP contribution in [0.15, 0.2) is 22.7 Å². The molecule has 1 heterocycles. The smallest absolute Gasteiger partial charge is 0.275 e. The van der Waals surface area contributed by atoms with Crippen LogP contribution in [0.1, 0.15) is 18.9 Å². The fraction of sp³-hybridized carbons (Fsp3) is 0.538. The molecule has 1 aliphatic heterocycles. The Hall–Kier alpha value is -1.02. The number of hydrogen-bond donors (Lipinski definition) is 2. The number of nitrogens with one attached hydrogen (secondary N) is 1. The molecule has 1 aromatic rings. The molecule has 1 saturated heterocycles. The quantitative estimate of drug-likeness (QED) is 0.630. The second-order valence-electron chi connectivity index (χ2n) is 5.00. The van der Waals surface area contributed by atoms with E-state index in [0.717, 1.165) is 0 Å². The zero-order valence-corrected chi connectivity index (χ0v) is 12.7. The number of aliphatic hydroxyl groups is 1. The highest BCUT2D eigenvalue weighted by Crippen LogP contribution is 2.26. The van der Waals surface area contributed by atoms with E-state index in [4.69, 9.17) is 4.74 Å². The van der Waals surface area contributed by atoms with Crippen LogP contribution in [0, 0.1) is 10.1 Å². The zero-order valence-electron chi connectivity index (χ0n) is 11.1. The molecule has 7 heteroatoms. The Morgan fingerprint density at radius 3 is 3.00 bits per heavy atom. The summed E-state index contributed by atoms with van der Waals surface area (Å²) in [6, 6.07) is 4.95. The summed E-state index contributed by atoms with van der Waals surface area (Å²) in [5.74, 6) is 0. The minimum Gasteiger partial charge on any atom is -0.386 e. The van der Waals surface area contributed by atoms with Crippen molar-refractivity contribution in [3.63, 3.8) is 0 Å². The first-order valence-corrected chi connectivity index (χ1v) is 7.19. The lowest BCUT2D eigenvalue weighted by molar-refractivity contribution is -0.385. The summed E-state index contributed by atoms with van der Waals surface area (Å²) < 4.78 is 6.02. The summed E-state index contributed by atoms with van der Waals surface area (Å²) >= 11 is 3.22. The lowest BCUT2D eigenvalue weighted by Gasteiger charge is -2.26. The van der Waals surface area contributed by atoms with Gasteiger partial charge < -0.3 is 15.2 Å². The van der Waals surface area contributed by atoms with Crippen LogP contribution in [0.25, 0.3) is 0 Å². The van der Waals surface area contributed by atoms with Gasteiger partial charge >= 0.3 is 0 Å². The predicted molar refractivity (Wildman–Crippen MR) is 77.5 cm³/mol. The maximum absolute atomic E-state index is 11.0. The number of nitrogens with zero attached hydrogens (tertiary/aromatic N) is 1. The molecule has 1 fully saturated rings. The molecule has 0 aromatic heterocycles. The highest BCUT2D eigenvalue weighted by Gasteiger charge is 2.39. The van der Waals surface area contributed by atoms with E-state index in [1.165, 1.54) is 6.07 Å². The van der Waals surface area contributed by atoms with Gasteiger partial charge in [-0.1, -0.05) is 15.9 Å². The van der Waals surface area contributed by atoms with Gasteiger partial charge in [0.1, 0.15) is 5.60 Å². The molecule has 2 atom stereocenters. The van der Waals surface area contributed by atoms with E-state index in [1.807, 2.05) is 6.92 Å². The molecule has 0 spiro atoms. The second-order valence-corrected chi connectivity index (χ2v) is 5.92. The van der Waals surface area contributed by atoms with Gasteiger partial charge in [0.05, 0.1) is 11.0 Å². The van der Waals surface area contributed by atoms with E-state index in [2.05, 4.69) is 21.2 Å². The third-order valence-electron chi connectivity index (χ3n) is 3.65. The monoisotopic (exact) mass is 344 g/mol. The number of nitro groups is 1. The molecule has 20 heavy (non-hydrogen) atoms. The van der Waals surface area contributed by atoms with E-state index in [0.29, 0.717) is 36.2 Å². The van der Waals surface area contributed by atoms with E-state index in [-0.39, 0.29) is 11.8 Å². The molecule has 0 amide bonds. The van der Waals surface area contributed by atoms with Crippen LogP contribution < -0.4 is 5.32 Å². The van der Waals surface area contributed by atoms with Gasteiger partial charge in [-0.05, 0) is 19.1 Å². The van der Waals surface area contributed by atoms with Crippen molar-refractivity contribution < 1.29 is 14.8 Å². The van der Waals surface area contributed by atoms with Gasteiger partial charge in [0.25, 0.3) is 5.69 Å². The zero-order chi connectivity index (χ0) is 14.8. The molecule has 0 saturated carbocycles. The van der Waals surface area contributed by atoms with Crippen molar-refractivity contribution in [1.82, 2.24) is 5.32 Å². The van der Waals surface area contributed by atoms with Gasteiger partial charge in [0.2, 0.25) is 0 Å². The predicted octanol–water partition coefficient (Wildman–Crippen LogP) is 1.99. The van der Waals surface area contributed by atoms with Crippen LogP contribution >= 0.6 is 15.9 Å². The normalized spacial score (nSPS) is 25.9. The van der Waals surface area contributed by atoms with Crippen molar-refractivity contribution in [2.75, 3.05) is 13.2 Å². The Kier molecular flexibility index (Phi) is 4.74. The van der Waals surface area contributed by atoms with E-state index < -0.39 is 10.5 Å². The molecule has 110 valence electrons. The molecule has 1 aliphatic rings. The fourth-order valence-electron chi connectivity index (χ4n) is 2.27. The standard InChI is InChI=1S/C13H17BrN2O4/c1-9-13(17,4-5-20-9)8-15-7-10-2-3-11(14)6-12(10)16(18)19/h2-3,6,9,15,17H,4-5,7-8H2,1H3. The first kappa shape index (κ1) is 15.4. The van der Waals surface area contributed by atoms with Crippen molar-refractivity contribution in [1.29, 1.82) is 0 Å². The third kappa shape index (κ3) is 3.35. The van der Waals surface area contributed by atoms with Gasteiger partial charge in [-0.15, -0.1) is 0 Å². The molecular formula is C13H17BrN2O4. The molecule has 2 rings (SSSR count). The van der Waals surface area contributed by atoms with Crippen molar-refractivity contribution in [3.05, 3.63) is 38.3 Å². The topological polar surface area (TPSA) is 84.6 Å². The molecule has 0 aliphatic carbocycles. The largest absolute Gasteiger partial charge is 0.386 e. The molecule has 0 bridgehead atoms. The Morgan fingerprint density at radius 1 is 1.65 bits per heavy atom. The van der Waals surface area contributed by atoms with Crippen molar-refractivity contribution in [3.8, 4) is 0 Å². The first-order valence-electron chi connectivity index (χ1n) is 6.40. The van der Waals surface area contributed by atoms with Gasteiger partial charge in [0.15, 0.2) is 0 Å². The number of benzene rings is 1. The van der Waals surface area contributed by atoms with Crippen LogP contribution in [0.4, 0.5) is 5.69 Å². The molecule has 2 unspecified atom stereocenters. The van der Waals surface area contributed by atoms with Crippen molar-refractivity contribution >= 4 is 21.6 Å². The molecule has 1 aromatic carbocycles. The fourth-order valence-corrected chi connectivity index (χ4v) is 2.62. The maximum Gasteiger partial charge on any atom is 0.275 e. The average molecular weight is 345 g/mol. The maximum atomic E-state index is 11.0. The van der Waals surface area contributed by atoms with E-state index in [1.54, 1.807) is 12.1 Å². The van der Waals surface area contributed by atoms with Crippen LogP contribution in [0.5, 0.6) is 0 Å². The minimum atomic E-state index is -0.899. The number of nitro benzene ring substituents is 1. The summed E-state index contributed by atoms with van der Waals surface area (Å²) in [6.45, 7) is 3.05. The lowest BCUT2D eigenvalue weighted by Crippen LogP contribution is -2.45. The Labute approximate surface area is 125 Å². The minimum absolute atomic E-state index is 0.0644. The molecule has 6 nitrogen and oxygen atoms in total. The highest BCUT2D eigenvalue weighted by atomic mass is 79.9. The number of hydrogen-bond acceptors (Lipinski definition) is 5. The van der Waals surface area contributed by atoms with Crippen LogP contribution in [-0.4, -0.2) is 34.9 Å². The summed E-state index contributed by atoms with van der Waals surface area (Å²) in [4.78, 5) is 10.6. The Balaban J connectivity index is 1.99. The van der Waals surface area contributed by atoms with Crippen LogP contribution in [0.2, 0.25) is 0 Å². The number of ether oxygens (including phenoxy) is 1. The number of halogens is 1. The average Bonchev–Trinajstić information content (AvgIpc) is 2.71. The van der Waals surface area contributed by atoms with Gasteiger partial charge in [-0.2, -0.15) is 0 Å². The first-order chi connectivity index (χ1) is 9.42. The van der Waals surface area contributed by atoms with E-state index in [9.17, 15) is 15.2 Å². The van der Waals surface area contributed by atoms with E-state index >= 15 is 0 Å². The molecular weight excluding hydrogens is 328 g/mol. The van der Waals surface area contributed by atoms with Gasteiger partial charge in [-0.25, -0.2) is 0 Å². The summed E-state index contributed by atoms with van der Waals surface area (Å²) in [5, 5.41) is 24.4. The highest BCUT2D eigenvalue weighted by molar-refractivity contribution is 9.10.